The summed E-state index contributed by atoms with van der Waals surface area (Å²) in [6.07, 6.45) is 4.86. The van der Waals surface area contributed by atoms with Crippen molar-refractivity contribution in [3.8, 4) is 0 Å². The first kappa shape index (κ1) is 20.5. The topological polar surface area (TPSA) is 49.3 Å². The Morgan fingerprint density at radius 3 is 2.58 bits per heavy atom. The van der Waals surface area contributed by atoms with Gasteiger partial charge in [0.05, 0.1) is 5.60 Å². The standard InChI is InChI=1S/C20H26F3NO2/c1-15-12-16(6-5-11-24-18(25)20(21,22)23)14-17(13-15)7-10-19(26)8-3-2-4-9-19/h5-6,12-14,26H,2-4,7-11H2,1H3,(H,24,25)/b6-5+. The molecule has 0 aliphatic heterocycles. The lowest BCUT2D eigenvalue weighted by molar-refractivity contribution is -0.173. The zero-order valence-corrected chi connectivity index (χ0v) is 15.0. The van der Waals surface area contributed by atoms with Gasteiger partial charge in [0.15, 0.2) is 0 Å². The molecule has 0 heterocycles. The summed E-state index contributed by atoms with van der Waals surface area (Å²) in [7, 11) is 0. The van der Waals surface area contributed by atoms with Gasteiger partial charge in [-0.05, 0) is 43.7 Å². The van der Waals surface area contributed by atoms with Gasteiger partial charge < -0.3 is 10.4 Å². The highest BCUT2D eigenvalue weighted by atomic mass is 19.4. The van der Waals surface area contributed by atoms with Crippen LogP contribution in [0.3, 0.4) is 0 Å². The Balaban J connectivity index is 1.92. The number of alkyl halides is 3. The maximum atomic E-state index is 12.1. The minimum atomic E-state index is -4.86. The fourth-order valence-corrected chi connectivity index (χ4v) is 3.42. The third-order valence-corrected chi connectivity index (χ3v) is 4.77. The second kappa shape index (κ2) is 8.71. The highest BCUT2D eigenvalue weighted by molar-refractivity contribution is 5.81. The van der Waals surface area contributed by atoms with Crippen LogP contribution in [0.4, 0.5) is 13.2 Å². The Bertz CT molecular complexity index is 647. The van der Waals surface area contributed by atoms with E-state index in [9.17, 15) is 23.1 Å². The van der Waals surface area contributed by atoms with E-state index >= 15 is 0 Å². The van der Waals surface area contributed by atoms with Crippen LogP contribution in [-0.4, -0.2) is 29.3 Å². The molecule has 0 radical (unpaired) electrons. The number of aryl methyl sites for hydroxylation is 2. The van der Waals surface area contributed by atoms with E-state index in [2.05, 4.69) is 6.07 Å². The first-order valence-corrected chi connectivity index (χ1v) is 9.02. The molecular formula is C20H26F3NO2. The molecule has 1 fully saturated rings. The van der Waals surface area contributed by atoms with Gasteiger partial charge >= 0.3 is 12.1 Å². The molecule has 0 saturated heterocycles. The van der Waals surface area contributed by atoms with Gasteiger partial charge in [0.25, 0.3) is 0 Å². The lowest BCUT2D eigenvalue weighted by Crippen LogP contribution is -2.36. The number of halogens is 3. The number of nitrogens with one attached hydrogen (secondary N) is 1. The quantitative estimate of drug-likeness (QED) is 0.785. The Morgan fingerprint density at radius 2 is 1.92 bits per heavy atom. The number of amides is 1. The zero-order valence-electron chi connectivity index (χ0n) is 15.0. The van der Waals surface area contributed by atoms with Crippen LogP contribution in [0.25, 0.3) is 6.08 Å². The minimum absolute atomic E-state index is 0.179. The highest BCUT2D eigenvalue weighted by Gasteiger charge is 2.38. The van der Waals surface area contributed by atoms with E-state index in [1.54, 1.807) is 6.08 Å². The number of rotatable bonds is 6. The maximum absolute atomic E-state index is 12.1. The number of hydrogen-bond donors (Lipinski definition) is 2. The molecule has 1 aliphatic carbocycles. The summed E-state index contributed by atoms with van der Waals surface area (Å²) in [5.41, 5.74) is 2.46. The molecule has 1 aliphatic rings. The van der Waals surface area contributed by atoms with E-state index in [-0.39, 0.29) is 6.54 Å². The Labute approximate surface area is 152 Å². The second-order valence-electron chi connectivity index (χ2n) is 7.15. The molecule has 0 atom stereocenters. The molecule has 144 valence electrons. The number of carbonyl (C=O) groups is 1. The molecule has 26 heavy (non-hydrogen) atoms. The van der Waals surface area contributed by atoms with E-state index in [4.69, 9.17) is 0 Å². The fourth-order valence-electron chi connectivity index (χ4n) is 3.42. The third-order valence-electron chi connectivity index (χ3n) is 4.77. The van der Waals surface area contributed by atoms with Crippen molar-refractivity contribution < 1.29 is 23.1 Å². The summed E-state index contributed by atoms with van der Waals surface area (Å²) in [6.45, 7) is 1.78. The molecule has 0 aromatic heterocycles. The van der Waals surface area contributed by atoms with E-state index in [1.807, 2.05) is 24.4 Å². The highest BCUT2D eigenvalue weighted by Crippen LogP contribution is 2.32. The van der Waals surface area contributed by atoms with Gasteiger partial charge in [0, 0.05) is 6.54 Å². The smallest absolute Gasteiger partial charge is 0.390 e. The van der Waals surface area contributed by atoms with Crippen molar-refractivity contribution >= 4 is 12.0 Å². The largest absolute Gasteiger partial charge is 0.471 e. The minimum Gasteiger partial charge on any atom is -0.390 e. The molecule has 2 N–H and O–H groups in total. The van der Waals surface area contributed by atoms with E-state index in [0.29, 0.717) is 0 Å². The summed E-state index contributed by atoms with van der Waals surface area (Å²) in [6, 6.07) is 5.97. The van der Waals surface area contributed by atoms with Crippen molar-refractivity contribution in [1.82, 2.24) is 5.32 Å². The van der Waals surface area contributed by atoms with Crippen LogP contribution in [0.2, 0.25) is 0 Å². The van der Waals surface area contributed by atoms with Gasteiger partial charge in [-0.15, -0.1) is 0 Å². The van der Waals surface area contributed by atoms with Gasteiger partial charge in [-0.25, -0.2) is 0 Å². The molecule has 0 spiro atoms. The monoisotopic (exact) mass is 369 g/mol. The summed E-state index contributed by atoms with van der Waals surface area (Å²) in [5.74, 6) is -1.94. The number of hydrogen-bond acceptors (Lipinski definition) is 2. The predicted octanol–water partition coefficient (Wildman–Crippen LogP) is 4.31. The molecule has 0 unspecified atom stereocenters. The molecule has 1 saturated carbocycles. The van der Waals surface area contributed by atoms with Crippen LogP contribution in [0.1, 0.15) is 55.2 Å². The van der Waals surface area contributed by atoms with Crippen LogP contribution >= 0.6 is 0 Å². The van der Waals surface area contributed by atoms with E-state index in [1.165, 1.54) is 12.5 Å². The Morgan fingerprint density at radius 1 is 1.23 bits per heavy atom. The number of benzene rings is 1. The molecular weight excluding hydrogens is 343 g/mol. The zero-order chi connectivity index (χ0) is 19.2. The van der Waals surface area contributed by atoms with Crippen LogP contribution < -0.4 is 5.32 Å². The van der Waals surface area contributed by atoms with Gasteiger partial charge in [-0.3, -0.25) is 4.79 Å². The average molecular weight is 369 g/mol. The van der Waals surface area contributed by atoms with Crippen LogP contribution in [-0.2, 0) is 11.2 Å². The fraction of sp³-hybridized carbons (Fsp3) is 0.550. The summed E-state index contributed by atoms with van der Waals surface area (Å²) >= 11 is 0. The molecule has 6 heteroatoms. The molecule has 3 nitrogen and oxygen atoms in total. The predicted molar refractivity (Wildman–Crippen MR) is 95.6 cm³/mol. The Kier molecular flexibility index (Phi) is 6.87. The van der Waals surface area contributed by atoms with Crippen LogP contribution in [0.5, 0.6) is 0 Å². The van der Waals surface area contributed by atoms with Gasteiger partial charge in [0.1, 0.15) is 0 Å². The molecule has 1 aromatic rings. The van der Waals surface area contributed by atoms with Crippen molar-refractivity contribution in [3.63, 3.8) is 0 Å². The van der Waals surface area contributed by atoms with Gasteiger partial charge in [-0.1, -0.05) is 55.2 Å². The van der Waals surface area contributed by atoms with Gasteiger partial charge in [-0.2, -0.15) is 13.2 Å². The van der Waals surface area contributed by atoms with E-state index < -0.39 is 17.7 Å². The normalized spacial score (nSPS) is 17.4. The summed E-state index contributed by atoms with van der Waals surface area (Å²) < 4.78 is 36.4. The average Bonchev–Trinajstić information content (AvgIpc) is 2.56. The van der Waals surface area contributed by atoms with Crippen LogP contribution in [0.15, 0.2) is 24.3 Å². The molecule has 1 amide bonds. The lowest BCUT2D eigenvalue weighted by atomic mass is 9.81. The van der Waals surface area contributed by atoms with Gasteiger partial charge in [0.2, 0.25) is 0 Å². The number of carbonyl (C=O) groups excluding carboxylic acids is 1. The molecule has 1 aromatic carbocycles. The van der Waals surface area contributed by atoms with E-state index in [0.717, 1.165) is 55.2 Å². The third kappa shape index (κ3) is 6.48. The van der Waals surface area contributed by atoms with Crippen molar-refractivity contribution in [3.05, 3.63) is 41.0 Å². The van der Waals surface area contributed by atoms with Crippen molar-refractivity contribution in [2.45, 2.75) is 63.6 Å². The number of aliphatic hydroxyl groups is 1. The van der Waals surface area contributed by atoms with Crippen molar-refractivity contribution in [2.75, 3.05) is 6.54 Å². The second-order valence-corrected chi connectivity index (χ2v) is 7.15. The SMILES string of the molecule is Cc1cc(/C=C/CNC(=O)C(F)(F)F)cc(CCC2(O)CCCCC2)c1. The summed E-state index contributed by atoms with van der Waals surface area (Å²) in [5, 5.41) is 12.4. The van der Waals surface area contributed by atoms with Crippen LogP contribution in [0, 0.1) is 6.92 Å². The summed E-state index contributed by atoms with van der Waals surface area (Å²) in [4.78, 5) is 10.8. The maximum Gasteiger partial charge on any atom is 0.471 e. The first-order valence-electron chi connectivity index (χ1n) is 9.02. The van der Waals surface area contributed by atoms with Crippen molar-refractivity contribution in [1.29, 1.82) is 0 Å². The lowest BCUT2D eigenvalue weighted by Gasteiger charge is -2.32. The first-order chi connectivity index (χ1) is 12.2. The molecule has 2 rings (SSSR count). The van der Waals surface area contributed by atoms with Crippen molar-refractivity contribution in [2.24, 2.45) is 0 Å². The Hall–Kier alpha value is -1.82. The molecule has 0 bridgehead atoms.